The summed E-state index contributed by atoms with van der Waals surface area (Å²) in [4.78, 5) is 9.90. The Balaban J connectivity index is 1.98. The zero-order valence-electron chi connectivity index (χ0n) is 13.8. The molecule has 4 rings (SSSR count). The first-order valence-electron chi connectivity index (χ1n) is 8.18. The molecule has 1 aliphatic heterocycles. The Morgan fingerprint density at radius 3 is 1.92 bits per heavy atom. The molecule has 0 amide bonds. The van der Waals surface area contributed by atoms with Crippen molar-refractivity contribution in [2.45, 2.75) is 12.6 Å². The van der Waals surface area contributed by atoms with Gasteiger partial charge in [-0.05, 0) is 24.5 Å². The molecule has 3 aromatic carbocycles. The predicted molar refractivity (Wildman–Crippen MR) is 97.0 cm³/mol. The first kappa shape index (κ1) is 15.8. The maximum atomic E-state index is 9.49. The summed E-state index contributed by atoms with van der Waals surface area (Å²) < 4.78 is 0. The number of rotatable bonds is 3. The minimum absolute atomic E-state index is 0.488. The van der Waals surface area contributed by atoms with Crippen molar-refractivity contribution in [3.8, 4) is 0 Å². The van der Waals surface area contributed by atoms with Gasteiger partial charge in [-0.3, -0.25) is 0 Å². The van der Waals surface area contributed by atoms with Crippen molar-refractivity contribution < 1.29 is 10.0 Å². The fourth-order valence-corrected chi connectivity index (χ4v) is 3.30. The van der Waals surface area contributed by atoms with Crippen LogP contribution in [0.5, 0.6) is 0 Å². The zero-order valence-corrected chi connectivity index (χ0v) is 13.8. The third kappa shape index (κ3) is 2.58. The number of aryl methyl sites for hydroxylation is 1. The summed E-state index contributed by atoms with van der Waals surface area (Å²) in [6.45, 7) is 1.86. The van der Waals surface area contributed by atoms with E-state index < -0.39 is 12.8 Å². The summed E-state index contributed by atoms with van der Waals surface area (Å²) >= 11 is 0. The molecule has 5 heteroatoms. The van der Waals surface area contributed by atoms with Crippen LogP contribution in [0.2, 0.25) is 0 Å². The lowest BCUT2D eigenvalue weighted by atomic mass is 9.76. The fraction of sp³-hybridized carbons (Fsp3) is 0.100. The Labute approximate surface area is 146 Å². The van der Waals surface area contributed by atoms with Crippen LogP contribution in [0.15, 0.2) is 82.8 Å². The maximum Gasteiger partial charge on any atom is 0.488 e. The van der Waals surface area contributed by atoms with Gasteiger partial charge in [-0.2, -0.15) is 0 Å². The minimum Gasteiger partial charge on any atom is -0.423 e. The maximum absolute atomic E-state index is 9.49. The molecular weight excluding hydrogens is 311 g/mol. The normalized spacial score (nSPS) is 14.4. The molecule has 0 spiro atoms. The van der Waals surface area contributed by atoms with Crippen LogP contribution in [0, 0.1) is 6.92 Å². The van der Waals surface area contributed by atoms with Crippen LogP contribution in [0.4, 0.5) is 0 Å². The number of hydrogen-bond acceptors (Lipinski definition) is 4. The summed E-state index contributed by atoms with van der Waals surface area (Å²) in [5, 5.41) is 20.7. The first-order chi connectivity index (χ1) is 12.1. The summed E-state index contributed by atoms with van der Waals surface area (Å²) in [5.41, 5.74) is 2.31. The molecule has 0 fully saturated rings. The smallest absolute Gasteiger partial charge is 0.423 e. The Hall–Kier alpha value is -2.76. The monoisotopic (exact) mass is 328 g/mol. The van der Waals surface area contributed by atoms with E-state index in [1.165, 1.54) is 0 Å². The van der Waals surface area contributed by atoms with E-state index in [4.69, 9.17) is 9.98 Å². The second kappa shape index (κ2) is 5.95. The molecule has 25 heavy (non-hydrogen) atoms. The molecule has 122 valence electrons. The summed E-state index contributed by atoms with van der Waals surface area (Å²) in [5.74, 6) is 0. The van der Waals surface area contributed by atoms with Gasteiger partial charge in [0.05, 0.1) is 10.7 Å². The standard InChI is InChI=1S/C20H17BN2O2/c1-14-13-16(11-12-17(14)21(24)25)20(15-7-3-2-4-8-15)22-18-9-5-6-10-19(18)23-20/h2-13,24-25H,1H3. The topological polar surface area (TPSA) is 65.2 Å². The largest absolute Gasteiger partial charge is 0.488 e. The van der Waals surface area contributed by atoms with Gasteiger partial charge in [-0.25, -0.2) is 9.98 Å². The van der Waals surface area contributed by atoms with Crippen molar-refractivity contribution in [3.63, 3.8) is 0 Å². The summed E-state index contributed by atoms with van der Waals surface area (Å²) in [7, 11) is -1.49. The number of hydrogen-bond donors (Lipinski definition) is 2. The molecule has 0 saturated carbocycles. The Kier molecular flexibility index (Phi) is 3.75. The quantitative estimate of drug-likeness (QED) is 0.700. The first-order valence-corrected chi connectivity index (χ1v) is 8.18. The molecule has 0 aliphatic carbocycles. The predicted octanol–water partition coefficient (Wildman–Crippen LogP) is 0.829. The zero-order chi connectivity index (χ0) is 17.4. The number of benzene rings is 3. The molecule has 0 saturated heterocycles. The van der Waals surface area contributed by atoms with Gasteiger partial charge in [0.1, 0.15) is 0 Å². The van der Waals surface area contributed by atoms with E-state index in [1.54, 1.807) is 6.07 Å². The average molecular weight is 328 g/mol. The number of nitrogens with zero attached hydrogens (tertiary/aromatic N) is 2. The Bertz CT molecular complexity index is 1010. The van der Waals surface area contributed by atoms with Crippen molar-refractivity contribution in [2.24, 2.45) is 9.98 Å². The van der Waals surface area contributed by atoms with Gasteiger partial charge < -0.3 is 10.0 Å². The highest BCUT2D eigenvalue weighted by atomic mass is 16.4. The van der Waals surface area contributed by atoms with Crippen molar-refractivity contribution >= 4 is 12.6 Å². The summed E-state index contributed by atoms with van der Waals surface area (Å²) in [6, 6.07) is 23.3. The van der Waals surface area contributed by atoms with Gasteiger partial charge in [0.2, 0.25) is 5.66 Å². The van der Waals surface area contributed by atoms with Gasteiger partial charge in [0, 0.05) is 11.1 Å². The highest BCUT2D eigenvalue weighted by Gasteiger charge is 2.36. The molecule has 4 nitrogen and oxygen atoms in total. The van der Waals surface area contributed by atoms with Crippen LogP contribution < -0.4 is 16.2 Å². The van der Waals surface area contributed by atoms with E-state index in [9.17, 15) is 10.0 Å². The van der Waals surface area contributed by atoms with Gasteiger partial charge in [0.25, 0.3) is 0 Å². The molecule has 0 radical (unpaired) electrons. The van der Waals surface area contributed by atoms with E-state index >= 15 is 0 Å². The molecule has 3 aromatic rings. The van der Waals surface area contributed by atoms with E-state index in [-0.39, 0.29) is 0 Å². The molecule has 1 aliphatic rings. The minimum atomic E-state index is -1.49. The lowest BCUT2D eigenvalue weighted by Crippen LogP contribution is -2.33. The molecule has 0 aromatic heterocycles. The summed E-state index contributed by atoms with van der Waals surface area (Å²) in [6.07, 6.45) is 0. The Morgan fingerprint density at radius 2 is 1.36 bits per heavy atom. The molecular formula is C20H17BN2O2. The van der Waals surface area contributed by atoms with E-state index in [1.807, 2.05) is 73.7 Å². The van der Waals surface area contributed by atoms with E-state index in [0.717, 1.165) is 27.4 Å². The molecule has 1 heterocycles. The lowest BCUT2D eigenvalue weighted by Gasteiger charge is -2.25. The highest BCUT2D eigenvalue weighted by Crippen LogP contribution is 2.35. The molecule has 0 unspecified atom stereocenters. The lowest BCUT2D eigenvalue weighted by molar-refractivity contribution is 0.425. The Morgan fingerprint density at radius 1 is 0.760 bits per heavy atom. The third-order valence-electron chi connectivity index (χ3n) is 4.57. The molecule has 0 atom stereocenters. The second-order valence-electron chi connectivity index (χ2n) is 6.20. The van der Waals surface area contributed by atoms with Gasteiger partial charge in [-0.15, -0.1) is 0 Å². The van der Waals surface area contributed by atoms with E-state index in [2.05, 4.69) is 0 Å². The van der Waals surface area contributed by atoms with Crippen molar-refractivity contribution in [3.05, 3.63) is 100 Å². The third-order valence-corrected chi connectivity index (χ3v) is 4.57. The van der Waals surface area contributed by atoms with Crippen LogP contribution in [0.1, 0.15) is 16.7 Å². The van der Waals surface area contributed by atoms with Gasteiger partial charge in [-0.1, -0.05) is 66.2 Å². The molecule has 0 bridgehead atoms. The van der Waals surface area contributed by atoms with Crippen LogP contribution in [0.3, 0.4) is 0 Å². The van der Waals surface area contributed by atoms with Gasteiger partial charge >= 0.3 is 7.12 Å². The number of fused-ring (bicyclic) bond motifs is 1. The van der Waals surface area contributed by atoms with E-state index in [0.29, 0.717) is 5.46 Å². The van der Waals surface area contributed by atoms with Gasteiger partial charge in [0.15, 0.2) is 0 Å². The molecule has 2 N–H and O–H groups in total. The van der Waals surface area contributed by atoms with Crippen molar-refractivity contribution in [1.82, 2.24) is 0 Å². The fourth-order valence-electron chi connectivity index (χ4n) is 3.30. The van der Waals surface area contributed by atoms with Crippen LogP contribution >= 0.6 is 0 Å². The van der Waals surface area contributed by atoms with Crippen LogP contribution in [-0.2, 0) is 5.66 Å². The number of para-hydroxylation sites is 2. The highest BCUT2D eigenvalue weighted by molar-refractivity contribution is 6.59. The second-order valence-corrected chi connectivity index (χ2v) is 6.20. The average Bonchev–Trinajstić information content (AvgIpc) is 3.03. The van der Waals surface area contributed by atoms with Crippen LogP contribution in [0.25, 0.3) is 0 Å². The van der Waals surface area contributed by atoms with Crippen LogP contribution in [-0.4, -0.2) is 17.2 Å². The SMILES string of the molecule is Cc1cc(C2(c3ccccc3)N=c3ccccc3=N2)ccc1B(O)O. The van der Waals surface area contributed by atoms with Crippen molar-refractivity contribution in [2.75, 3.05) is 0 Å². The van der Waals surface area contributed by atoms with Crippen molar-refractivity contribution in [1.29, 1.82) is 0 Å².